The molecule has 0 aromatic carbocycles. The lowest BCUT2D eigenvalue weighted by Gasteiger charge is -2.21. The van der Waals surface area contributed by atoms with Crippen molar-refractivity contribution in [3.63, 3.8) is 0 Å². The first-order valence-electron chi connectivity index (χ1n) is 8.49. The molecular weight excluding hydrogens is 384 g/mol. The van der Waals surface area contributed by atoms with Crippen LogP contribution in [0, 0.1) is 0 Å². The number of hydrogen-bond acceptors (Lipinski definition) is 9. The van der Waals surface area contributed by atoms with Gasteiger partial charge >= 0.3 is 23.9 Å². The van der Waals surface area contributed by atoms with Crippen LogP contribution in [0.1, 0.15) is 13.8 Å². The van der Waals surface area contributed by atoms with Gasteiger partial charge in [-0.3, -0.25) is 0 Å². The van der Waals surface area contributed by atoms with Crippen LogP contribution in [0.2, 0.25) is 0 Å². The van der Waals surface area contributed by atoms with Gasteiger partial charge in [-0.05, 0) is 13.8 Å². The van der Waals surface area contributed by atoms with Crippen molar-refractivity contribution in [1.82, 2.24) is 0 Å². The van der Waals surface area contributed by atoms with Gasteiger partial charge in [0.25, 0.3) is 0 Å². The highest BCUT2D eigenvalue weighted by atomic mass is 16.6. The van der Waals surface area contributed by atoms with E-state index < -0.39 is 36.1 Å². The quantitative estimate of drug-likeness (QED) is 0.238. The van der Waals surface area contributed by atoms with Crippen molar-refractivity contribution in [2.24, 2.45) is 0 Å². The zero-order chi connectivity index (χ0) is 22.4. The molecule has 160 valence electrons. The van der Waals surface area contributed by atoms with Crippen molar-refractivity contribution in [1.29, 1.82) is 0 Å². The lowest BCUT2D eigenvalue weighted by Crippen LogP contribution is -2.34. The minimum absolute atomic E-state index is 0.148. The molecule has 0 saturated carbocycles. The molecule has 0 aliphatic rings. The Morgan fingerprint density at radius 1 is 0.724 bits per heavy atom. The fourth-order valence-electron chi connectivity index (χ4n) is 1.55. The van der Waals surface area contributed by atoms with E-state index in [1.54, 1.807) is 0 Å². The first kappa shape index (κ1) is 25.8. The molecule has 2 unspecified atom stereocenters. The van der Waals surface area contributed by atoms with E-state index >= 15 is 0 Å². The van der Waals surface area contributed by atoms with Crippen molar-refractivity contribution < 1.29 is 42.9 Å². The minimum atomic E-state index is -0.950. The van der Waals surface area contributed by atoms with E-state index in [9.17, 15) is 19.2 Å². The van der Waals surface area contributed by atoms with E-state index in [4.69, 9.17) is 23.7 Å². The van der Waals surface area contributed by atoms with Gasteiger partial charge in [-0.15, -0.1) is 0 Å². The molecule has 0 amide bonds. The van der Waals surface area contributed by atoms with Gasteiger partial charge in [0.2, 0.25) is 0 Å². The normalized spacial score (nSPS) is 11.9. The molecule has 0 bridgehead atoms. The van der Waals surface area contributed by atoms with Crippen molar-refractivity contribution >= 4 is 23.9 Å². The van der Waals surface area contributed by atoms with Crippen molar-refractivity contribution in [3.8, 4) is 0 Å². The predicted octanol–water partition coefficient (Wildman–Crippen LogP) is 1.44. The van der Waals surface area contributed by atoms with Gasteiger partial charge in [0.15, 0.2) is 12.2 Å². The number of carbonyl (C=O) groups excluding carboxylic acids is 4. The van der Waals surface area contributed by atoms with Crippen LogP contribution >= 0.6 is 0 Å². The summed E-state index contributed by atoms with van der Waals surface area (Å²) in [4.78, 5) is 45.9. The second-order valence-electron chi connectivity index (χ2n) is 5.82. The fraction of sp³-hybridized carbons (Fsp3) is 0.400. The van der Waals surface area contributed by atoms with E-state index in [1.165, 1.54) is 13.8 Å². The maximum absolute atomic E-state index is 11.7. The van der Waals surface area contributed by atoms with Crippen LogP contribution in [-0.4, -0.2) is 62.5 Å². The lowest BCUT2D eigenvalue weighted by molar-refractivity contribution is -0.163. The van der Waals surface area contributed by atoms with E-state index in [0.717, 1.165) is 12.2 Å². The molecule has 0 aliphatic carbocycles. The SMILES string of the molecule is C=CC(=O)OCC(COCC(COC(=O)C(=C)C)OC(=O)C(=C)C)OC(=O)C=C. The average Bonchev–Trinajstić information content (AvgIpc) is 2.68. The third-order valence-electron chi connectivity index (χ3n) is 3.01. The van der Waals surface area contributed by atoms with Gasteiger partial charge in [-0.2, -0.15) is 0 Å². The Labute approximate surface area is 169 Å². The first-order valence-corrected chi connectivity index (χ1v) is 8.49. The van der Waals surface area contributed by atoms with Gasteiger partial charge in [-0.1, -0.05) is 26.3 Å². The molecule has 9 nitrogen and oxygen atoms in total. The Kier molecular flexibility index (Phi) is 12.4. The molecule has 0 spiro atoms. The van der Waals surface area contributed by atoms with E-state index in [2.05, 4.69) is 26.3 Å². The second kappa shape index (κ2) is 13.9. The molecule has 0 aromatic heterocycles. The number of esters is 4. The van der Waals surface area contributed by atoms with Crippen LogP contribution in [0.15, 0.2) is 49.6 Å². The topological polar surface area (TPSA) is 114 Å². The standard InChI is InChI=1S/C20H26O9/c1-7-17(21)26-11-15(28-18(22)8-2)9-25-10-16(29-20(24)14(5)6)12-27-19(23)13(3)4/h7-8,15-16H,1-3,5,9-12H2,4,6H3. The molecule has 0 fully saturated rings. The summed E-state index contributed by atoms with van der Waals surface area (Å²) in [6, 6.07) is 0. The summed E-state index contributed by atoms with van der Waals surface area (Å²) in [6.07, 6.45) is 0.00136. The molecule has 2 atom stereocenters. The van der Waals surface area contributed by atoms with Crippen LogP contribution < -0.4 is 0 Å². The molecule has 29 heavy (non-hydrogen) atoms. The average molecular weight is 410 g/mol. The summed E-state index contributed by atoms with van der Waals surface area (Å²) >= 11 is 0. The van der Waals surface area contributed by atoms with Crippen molar-refractivity contribution in [2.45, 2.75) is 26.1 Å². The zero-order valence-corrected chi connectivity index (χ0v) is 16.6. The Balaban J connectivity index is 4.85. The molecule has 0 N–H and O–H groups in total. The van der Waals surface area contributed by atoms with Crippen LogP contribution in [-0.2, 0) is 42.9 Å². The highest BCUT2D eigenvalue weighted by Gasteiger charge is 2.21. The summed E-state index contributed by atoms with van der Waals surface area (Å²) in [5.74, 6) is -2.80. The summed E-state index contributed by atoms with van der Waals surface area (Å²) < 4.78 is 25.4. The largest absolute Gasteiger partial charge is 0.458 e. The molecule has 0 radical (unpaired) electrons. The Bertz CT molecular complexity index is 663. The highest BCUT2D eigenvalue weighted by Crippen LogP contribution is 2.05. The summed E-state index contributed by atoms with van der Waals surface area (Å²) in [5.41, 5.74) is 0.326. The van der Waals surface area contributed by atoms with Crippen LogP contribution in [0.3, 0.4) is 0 Å². The van der Waals surface area contributed by atoms with E-state index in [1.807, 2.05) is 0 Å². The van der Waals surface area contributed by atoms with Crippen LogP contribution in [0.5, 0.6) is 0 Å². The highest BCUT2D eigenvalue weighted by molar-refractivity contribution is 5.87. The molecule has 0 aliphatic heterocycles. The van der Waals surface area contributed by atoms with E-state index in [-0.39, 0.29) is 37.6 Å². The molecule has 0 saturated heterocycles. The third kappa shape index (κ3) is 12.0. The second-order valence-corrected chi connectivity index (χ2v) is 5.82. The predicted molar refractivity (Wildman–Crippen MR) is 103 cm³/mol. The minimum Gasteiger partial charge on any atom is -0.458 e. The maximum atomic E-state index is 11.7. The fourth-order valence-corrected chi connectivity index (χ4v) is 1.55. The van der Waals surface area contributed by atoms with Gasteiger partial charge in [-0.25, -0.2) is 19.2 Å². The maximum Gasteiger partial charge on any atom is 0.333 e. The first-order chi connectivity index (χ1) is 13.6. The molecule has 0 aromatic rings. The van der Waals surface area contributed by atoms with Gasteiger partial charge < -0.3 is 23.7 Å². The van der Waals surface area contributed by atoms with Crippen LogP contribution in [0.4, 0.5) is 0 Å². The number of carbonyl (C=O) groups is 4. The Morgan fingerprint density at radius 3 is 1.69 bits per heavy atom. The zero-order valence-electron chi connectivity index (χ0n) is 16.6. The Morgan fingerprint density at radius 2 is 1.21 bits per heavy atom. The molecule has 9 heteroatoms. The number of ether oxygens (including phenoxy) is 5. The van der Waals surface area contributed by atoms with Crippen molar-refractivity contribution in [3.05, 3.63) is 49.6 Å². The molecule has 0 rings (SSSR count). The number of rotatable bonds is 14. The van der Waals surface area contributed by atoms with Gasteiger partial charge in [0, 0.05) is 23.3 Å². The summed E-state index contributed by atoms with van der Waals surface area (Å²) in [7, 11) is 0. The monoisotopic (exact) mass is 410 g/mol. The number of hydrogen-bond donors (Lipinski definition) is 0. The van der Waals surface area contributed by atoms with E-state index in [0.29, 0.717) is 0 Å². The third-order valence-corrected chi connectivity index (χ3v) is 3.01. The van der Waals surface area contributed by atoms with Crippen LogP contribution in [0.25, 0.3) is 0 Å². The Hall–Kier alpha value is -3.20. The van der Waals surface area contributed by atoms with Crippen molar-refractivity contribution in [2.75, 3.05) is 26.4 Å². The smallest absolute Gasteiger partial charge is 0.333 e. The van der Waals surface area contributed by atoms with Gasteiger partial charge in [0.1, 0.15) is 13.2 Å². The summed E-state index contributed by atoms with van der Waals surface area (Å²) in [6.45, 7) is 15.4. The lowest BCUT2D eigenvalue weighted by atomic mass is 10.3. The molecular formula is C20H26O9. The molecule has 0 heterocycles. The van der Waals surface area contributed by atoms with Gasteiger partial charge in [0.05, 0.1) is 13.2 Å². The summed E-state index contributed by atoms with van der Waals surface area (Å²) in [5, 5.41) is 0.